The molecule has 0 aliphatic rings. The van der Waals surface area contributed by atoms with Crippen molar-refractivity contribution in [3.8, 4) is 0 Å². The molecule has 4 heteroatoms. The predicted molar refractivity (Wildman–Crippen MR) is 74.5 cm³/mol. The fourth-order valence-electron chi connectivity index (χ4n) is 2.20. The van der Waals surface area contributed by atoms with Crippen LogP contribution >= 0.6 is 0 Å². The SMILES string of the molecule is CCCNC(c1cc(C)cc(F)c1)c1ccn(C)n1. The molecule has 1 aromatic carbocycles. The van der Waals surface area contributed by atoms with Crippen molar-refractivity contribution in [3.05, 3.63) is 53.1 Å². The van der Waals surface area contributed by atoms with E-state index >= 15 is 0 Å². The third-order valence-corrected chi connectivity index (χ3v) is 3.03. The van der Waals surface area contributed by atoms with Crippen molar-refractivity contribution >= 4 is 0 Å². The molecule has 0 saturated carbocycles. The van der Waals surface area contributed by atoms with Gasteiger partial charge in [0.05, 0.1) is 11.7 Å². The molecule has 3 nitrogen and oxygen atoms in total. The number of rotatable bonds is 5. The molecule has 1 unspecified atom stereocenters. The summed E-state index contributed by atoms with van der Waals surface area (Å²) in [4.78, 5) is 0. The maximum Gasteiger partial charge on any atom is 0.123 e. The number of nitrogens with one attached hydrogen (secondary N) is 1. The maximum absolute atomic E-state index is 13.6. The second kappa shape index (κ2) is 5.97. The minimum Gasteiger partial charge on any atom is -0.305 e. The van der Waals surface area contributed by atoms with Gasteiger partial charge in [-0.2, -0.15) is 5.10 Å². The third-order valence-electron chi connectivity index (χ3n) is 3.03. The minimum atomic E-state index is -0.200. The van der Waals surface area contributed by atoms with E-state index in [2.05, 4.69) is 17.3 Å². The molecule has 0 radical (unpaired) electrons. The lowest BCUT2D eigenvalue weighted by Crippen LogP contribution is -2.24. The summed E-state index contributed by atoms with van der Waals surface area (Å²) < 4.78 is 15.3. The zero-order valence-corrected chi connectivity index (χ0v) is 11.7. The first-order valence-corrected chi connectivity index (χ1v) is 6.60. The average molecular weight is 261 g/mol. The Bertz CT molecular complexity index is 528. The smallest absolute Gasteiger partial charge is 0.123 e. The Kier molecular flexibility index (Phi) is 4.32. The molecule has 0 aliphatic heterocycles. The van der Waals surface area contributed by atoms with Gasteiger partial charge in [-0.25, -0.2) is 4.39 Å². The third kappa shape index (κ3) is 3.41. The van der Waals surface area contributed by atoms with Gasteiger partial charge in [0.15, 0.2) is 0 Å². The zero-order valence-electron chi connectivity index (χ0n) is 11.7. The fourth-order valence-corrected chi connectivity index (χ4v) is 2.20. The molecule has 2 aromatic rings. The van der Waals surface area contributed by atoms with Crippen molar-refractivity contribution in [2.45, 2.75) is 26.3 Å². The molecule has 1 atom stereocenters. The van der Waals surface area contributed by atoms with E-state index < -0.39 is 0 Å². The van der Waals surface area contributed by atoms with Crippen LogP contribution in [0.1, 0.15) is 36.2 Å². The van der Waals surface area contributed by atoms with Gasteiger partial charge in [0.25, 0.3) is 0 Å². The van der Waals surface area contributed by atoms with E-state index in [0.29, 0.717) is 0 Å². The molecule has 0 fully saturated rings. The monoisotopic (exact) mass is 261 g/mol. The van der Waals surface area contributed by atoms with Gasteiger partial charge in [-0.05, 0) is 49.2 Å². The zero-order chi connectivity index (χ0) is 13.8. The molecule has 1 N–H and O–H groups in total. The summed E-state index contributed by atoms with van der Waals surface area (Å²) in [6, 6.07) is 7.03. The Morgan fingerprint density at radius 3 is 2.74 bits per heavy atom. The number of benzene rings is 1. The van der Waals surface area contributed by atoms with Crippen LogP contribution in [0.2, 0.25) is 0 Å². The lowest BCUT2D eigenvalue weighted by Gasteiger charge is -2.17. The van der Waals surface area contributed by atoms with Crippen LogP contribution in [0.15, 0.2) is 30.5 Å². The van der Waals surface area contributed by atoms with Crippen molar-refractivity contribution in [2.24, 2.45) is 7.05 Å². The van der Waals surface area contributed by atoms with Crippen molar-refractivity contribution in [3.63, 3.8) is 0 Å². The fraction of sp³-hybridized carbons (Fsp3) is 0.400. The van der Waals surface area contributed by atoms with Crippen molar-refractivity contribution < 1.29 is 4.39 Å². The molecular formula is C15H20FN3. The van der Waals surface area contributed by atoms with Gasteiger partial charge in [0.2, 0.25) is 0 Å². The second-order valence-electron chi connectivity index (χ2n) is 4.86. The van der Waals surface area contributed by atoms with Crippen LogP contribution in [0, 0.1) is 12.7 Å². The Labute approximate surface area is 113 Å². The summed E-state index contributed by atoms with van der Waals surface area (Å²) in [6.45, 7) is 4.89. The first-order valence-electron chi connectivity index (χ1n) is 6.60. The van der Waals surface area contributed by atoms with Crippen LogP contribution in [0.4, 0.5) is 4.39 Å². The Hall–Kier alpha value is -1.68. The lowest BCUT2D eigenvalue weighted by molar-refractivity contribution is 0.566. The number of hydrogen-bond acceptors (Lipinski definition) is 2. The van der Waals surface area contributed by atoms with E-state index in [1.807, 2.05) is 32.3 Å². The van der Waals surface area contributed by atoms with E-state index in [0.717, 1.165) is 29.8 Å². The van der Waals surface area contributed by atoms with Gasteiger partial charge in [0, 0.05) is 13.2 Å². The molecular weight excluding hydrogens is 241 g/mol. The Balaban J connectivity index is 2.36. The van der Waals surface area contributed by atoms with Crippen LogP contribution in [0.5, 0.6) is 0 Å². The molecule has 1 heterocycles. The number of aromatic nitrogens is 2. The Morgan fingerprint density at radius 2 is 2.16 bits per heavy atom. The van der Waals surface area contributed by atoms with E-state index in [9.17, 15) is 4.39 Å². The number of halogens is 1. The van der Waals surface area contributed by atoms with Gasteiger partial charge >= 0.3 is 0 Å². The Morgan fingerprint density at radius 1 is 1.37 bits per heavy atom. The predicted octanol–water partition coefficient (Wildman–Crippen LogP) is 2.96. The molecule has 0 spiro atoms. The van der Waals surface area contributed by atoms with Crippen molar-refractivity contribution in [2.75, 3.05) is 6.54 Å². The largest absolute Gasteiger partial charge is 0.305 e. The van der Waals surface area contributed by atoms with Crippen molar-refractivity contribution in [1.82, 2.24) is 15.1 Å². The van der Waals surface area contributed by atoms with Gasteiger partial charge in [0.1, 0.15) is 5.82 Å². The molecule has 1 aromatic heterocycles. The highest BCUT2D eigenvalue weighted by Gasteiger charge is 2.16. The van der Waals surface area contributed by atoms with Crippen LogP contribution in [-0.2, 0) is 7.05 Å². The van der Waals surface area contributed by atoms with E-state index in [1.54, 1.807) is 16.8 Å². The molecule has 0 amide bonds. The summed E-state index contributed by atoms with van der Waals surface area (Å²) in [5.41, 5.74) is 2.76. The lowest BCUT2D eigenvalue weighted by atomic mass is 10.0. The number of aryl methyl sites for hydroxylation is 2. The minimum absolute atomic E-state index is 0.0597. The number of nitrogens with zero attached hydrogens (tertiary/aromatic N) is 2. The van der Waals surface area contributed by atoms with Crippen LogP contribution in [0.25, 0.3) is 0 Å². The molecule has 0 saturated heterocycles. The second-order valence-corrected chi connectivity index (χ2v) is 4.86. The average Bonchev–Trinajstić information content (AvgIpc) is 2.75. The van der Waals surface area contributed by atoms with Crippen molar-refractivity contribution in [1.29, 1.82) is 0 Å². The van der Waals surface area contributed by atoms with Gasteiger partial charge in [-0.3, -0.25) is 4.68 Å². The van der Waals surface area contributed by atoms with Crippen LogP contribution in [0.3, 0.4) is 0 Å². The standard InChI is InChI=1S/C15H20FN3/c1-4-6-17-15(14-5-7-19(3)18-14)12-8-11(2)9-13(16)10-12/h5,7-10,15,17H,4,6H2,1-3H3. The first kappa shape index (κ1) is 13.7. The molecule has 2 rings (SSSR count). The van der Waals surface area contributed by atoms with E-state index in [4.69, 9.17) is 0 Å². The quantitative estimate of drug-likeness (QED) is 0.896. The van der Waals surface area contributed by atoms with Gasteiger partial charge in [-0.15, -0.1) is 0 Å². The van der Waals surface area contributed by atoms with Gasteiger partial charge < -0.3 is 5.32 Å². The molecule has 0 aliphatic carbocycles. The normalized spacial score (nSPS) is 12.6. The topological polar surface area (TPSA) is 29.9 Å². The summed E-state index contributed by atoms with van der Waals surface area (Å²) in [7, 11) is 1.89. The summed E-state index contributed by atoms with van der Waals surface area (Å²) in [6.07, 6.45) is 2.93. The molecule has 0 bridgehead atoms. The first-order chi connectivity index (χ1) is 9.10. The van der Waals surface area contributed by atoms with Crippen LogP contribution < -0.4 is 5.32 Å². The molecule has 19 heavy (non-hydrogen) atoms. The van der Waals surface area contributed by atoms with Gasteiger partial charge in [-0.1, -0.05) is 13.0 Å². The maximum atomic E-state index is 13.6. The molecule has 102 valence electrons. The highest BCUT2D eigenvalue weighted by atomic mass is 19.1. The highest BCUT2D eigenvalue weighted by molar-refractivity contribution is 5.31. The summed E-state index contributed by atoms with van der Waals surface area (Å²) >= 11 is 0. The van der Waals surface area contributed by atoms with Crippen LogP contribution in [-0.4, -0.2) is 16.3 Å². The summed E-state index contributed by atoms with van der Waals surface area (Å²) in [5.74, 6) is -0.200. The number of hydrogen-bond donors (Lipinski definition) is 1. The summed E-state index contributed by atoms with van der Waals surface area (Å²) in [5, 5.41) is 7.86. The van der Waals surface area contributed by atoms with E-state index in [-0.39, 0.29) is 11.9 Å². The highest BCUT2D eigenvalue weighted by Crippen LogP contribution is 2.22. The van der Waals surface area contributed by atoms with E-state index in [1.165, 1.54) is 0 Å².